The number of allylic oxidation sites excluding steroid dienone is 6. The van der Waals surface area contributed by atoms with Crippen LogP contribution in [0.2, 0.25) is 36.3 Å². The number of ether oxygens (including phenoxy) is 3. The van der Waals surface area contributed by atoms with Crippen LogP contribution in [0.25, 0.3) is 0 Å². The molecule has 1 N–H and O–H groups in total. The molecule has 6 aliphatic rings. The highest BCUT2D eigenvalue weighted by Crippen LogP contribution is 2.47. The summed E-state index contributed by atoms with van der Waals surface area (Å²) in [4.78, 5) is 48.2. The molecule has 0 amide bonds. The molecule has 2 aliphatic heterocycles. The number of hydrogen-bond donors (Lipinski definition) is 1. The van der Waals surface area contributed by atoms with Crippen LogP contribution in [0.15, 0.2) is 47.6 Å². The maximum absolute atomic E-state index is 13.0. The molecular weight excluding hydrogens is 996 g/mol. The Morgan fingerprint density at radius 2 is 1.04 bits per heavy atom. The van der Waals surface area contributed by atoms with Crippen LogP contribution in [0.5, 0.6) is 0 Å². The van der Waals surface area contributed by atoms with E-state index in [-0.39, 0.29) is 93.5 Å². The average molecular weight is 1100 g/mol. The number of cyclic esters (lactones) is 2. The van der Waals surface area contributed by atoms with Gasteiger partial charge >= 0.3 is 17.9 Å². The van der Waals surface area contributed by atoms with Gasteiger partial charge in [-0.1, -0.05) is 133 Å². The second kappa shape index (κ2) is 28.2. The van der Waals surface area contributed by atoms with Gasteiger partial charge < -0.3 is 28.2 Å². The first-order valence-corrected chi connectivity index (χ1v) is 35.7. The summed E-state index contributed by atoms with van der Waals surface area (Å²) in [6, 6.07) is 0. The molecule has 14 atom stereocenters. The monoisotopic (exact) mass is 1100 g/mol. The molecule has 0 bridgehead atoms. The number of rotatable bonds is 17. The largest absolute Gasteiger partial charge is 0.462 e. The van der Waals surface area contributed by atoms with Crippen molar-refractivity contribution >= 4 is 51.4 Å². The normalized spacial score (nSPS) is 32.1. The molecule has 2 saturated heterocycles. The zero-order chi connectivity index (χ0) is 56.4. The Balaban J connectivity index is 0.000000287. The van der Waals surface area contributed by atoms with E-state index in [0.29, 0.717) is 48.3 Å². The standard InChI is InChI=1S/C31H52O5Si.C25H42O4Si.C6H11ClO/c1-10-22(11-2)30(33)35-27-17-20(3)16-23-13-12-21(4)26(29(23)27)15-14-24-18-25(19-28(32)34-24)36-37(8,9)31(5,6)7;1-16-12-18-9-8-17(2)21(24(18)22(26)13-16)11-10-19-14-20(15-23(27)28-19)29-30(6,7)25(3,4)5;1-3-5(4-2)6(7)8/h12-13,16,20-22,24-27,29H,10-11,14-15,17-19H2,1-9H3;8-9,12,16-17,19-22,24,26H,10-11,13-15H2,1-7H3;5H,3-4H2,1-2H3/t20-,21-,24+,25+,26-,27-,29?;16-,17-,19+,20+,21-,22-,24?;/m00./s1. The summed E-state index contributed by atoms with van der Waals surface area (Å²) in [5.41, 5.74) is 2.60. The van der Waals surface area contributed by atoms with Crippen molar-refractivity contribution in [2.45, 2.75) is 260 Å². The van der Waals surface area contributed by atoms with E-state index < -0.39 is 16.6 Å². The molecule has 0 saturated carbocycles. The van der Waals surface area contributed by atoms with Crippen molar-refractivity contribution in [1.82, 2.24) is 0 Å². The second-order valence-corrected chi connectivity index (χ2v) is 36.6. The highest BCUT2D eigenvalue weighted by Gasteiger charge is 2.46. The molecule has 13 heteroatoms. The maximum atomic E-state index is 13.0. The van der Waals surface area contributed by atoms with Gasteiger partial charge in [0, 0.05) is 30.6 Å². The van der Waals surface area contributed by atoms with Gasteiger partial charge in [0.05, 0.1) is 37.1 Å². The Labute approximate surface area is 463 Å². The molecule has 0 radical (unpaired) electrons. The van der Waals surface area contributed by atoms with Crippen LogP contribution in [0.1, 0.15) is 187 Å². The number of hydrogen-bond acceptors (Lipinski definition) is 10. The fraction of sp³-hybridized carbons (Fsp3) is 0.806. The lowest BCUT2D eigenvalue weighted by atomic mass is 9.65. The van der Waals surface area contributed by atoms with E-state index in [1.54, 1.807) is 0 Å². The van der Waals surface area contributed by atoms with Crippen LogP contribution >= 0.6 is 11.6 Å². The number of carbonyl (C=O) groups is 4. The second-order valence-electron chi connectivity index (χ2n) is 26.7. The van der Waals surface area contributed by atoms with Crippen molar-refractivity contribution in [2.75, 3.05) is 0 Å². The number of esters is 3. The fourth-order valence-corrected chi connectivity index (χ4v) is 15.0. The van der Waals surface area contributed by atoms with Crippen LogP contribution < -0.4 is 0 Å². The molecule has 2 heterocycles. The predicted octanol–water partition coefficient (Wildman–Crippen LogP) is 15.4. The first-order valence-electron chi connectivity index (χ1n) is 29.5. The molecule has 0 aromatic heterocycles. The molecule has 6 rings (SSSR count). The molecule has 75 heavy (non-hydrogen) atoms. The number of fused-ring (bicyclic) bond motifs is 2. The van der Waals surface area contributed by atoms with Crippen LogP contribution in [0.3, 0.4) is 0 Å². The average Bonchev–Trinajstić information content (AvgIpc) is 3.28. The summed E-state index contributed by atoms with van der Waals surface area (Å²) >= 11 is 5.21. The fourth-order valence-electron chi connectivity index (χ4n) is 12.0. The first-order chi connectivity index (χ1) is 34.8. The van der Waals surface area contributed by atoms with Gasteiger partial charge in [0.25, 0.3) is 0 Å². The summed E-state index contributed by atoms with van der Waals surface area (Å²) < 4.78 is 31.0. The Morgan fingerprint density at radius 1 is 0.640 bits per heavy atom. The molecule has 0 spiro atoms. The summed E-state index contributed by atoms with van der Waals surface area (Å²) in [6.07, 6.45) is 24.0. The molecule has 2 unspecified atom stereocenters. The van der Waals surface area contributed by atoms with Crippen molar-refractivity contribution in [2.24, 2.45) is 59.2 Å². The minimum atomic E-state index is -1.96. The lowest BCUT2D eigenvalue weighted by Crippen LogP contribution is -2.47. The minimum Gasteiger partial charge on any atom is -0.462 e. The van der Waals surface area contributed by atoms with Gasteiger partial charge in [0.1, 0.15) is 18.3 Å². The first kappa shape index (κ1) is 65.2. The number of aliphatic hydroxyl groups excluding tert-OH is 1. The topological polar surface area (TPSA) is 135 Å². The number of halogens is 1. The smallest absolute Gasteiger partial charge is 0.309 e. The zero-order valence-electron chi connectivity index (χ0n) is 50.1. The Bertz CT molecular complexity index is 2010. The zero-order valence-corrected chi connectivity index (χ0v) is 52.9. The van der Waals surface area contributed by atoms with E-state index in [2.05, 4.69) is 146 Å². The summed E-state index contributed by atoms with van der Waals surface area (Å²) in [7, 11) is -3.88. The third-order valence-electron chi connectivity index (χ3n) is 18.7. The SMILES string of the molecule is CCC(CC)C(=O)Cl.CCC(CC)C(=O)O[C@H]1C[C@@H](C)C=C2C=C[C@H](C)[C@H](CC[C@@H]3C[C@@H](O[Si](C)(C)C(C)(C)C)CC(=O)O3)C21.C[C@H]1C=C2C=C[C@H](C)[C@H](CC[C@@H]3C[C@@H](O[Si](C)(C)C(C)(C)C)CC(=O)O3)C2[C@@H](O)C1. The summed E-state index contributed by atoms with van der Waals surface area (Å²) in [6.45, 7) is 39.4. The molecule has 428 valence electrons. The van der Waals surface area contributed by atoms with Gasteiger partial charge in [0.15, 0.2) is 16.6 Å². The van der Waals surface area contributed by atoms with Crippen LogP contribution in [0.4, 0.5) is 0 Å². The third kappa shape index (κ3) is 18.3. The van der Waals surface area contributed by atoms with Crippen LogP contribution in [-0.2, 0) is 42.2 Å². The Morgan fingerprint density at radius 3 is 1.43 bits per heavy atom. The van der Waals surface area contributed by atoms with Gasteiger partial charge in [-0.25, -0.2) is 0 Å². The van der Waals surface area contributed by atoms with E-state index in [1.165, 1.54) is 11.1 Å². The van der Waals surface area contributed by atoms with Crippen molar-refractivity contribution in [3.05, 3.63) is 47.6 Å². The van der Waals surface area contributed by atoms with Gasteiger partial charge in [-0.3, -0.25) is 19.2 Å². The summed E-state index contributed by atoms with van der Waals surface area (Å²) in [5, 5.41) is 10.8. The molecule has 10 nitrogen and oxygen atoms in total. The van der Waals surface area contributed by atoms with Crippen molar-refractivity contribution in [3.63, 3.8) is 0 Å². The van der Waals surface area contributed by atoms with E-state index >= 15 is 0 Å². The summed E-state index contributed by atoms with van der Waals surface area (Å²) in [5.74, 6) is 2.51. The number of aliphatic hydroxyl groups is 1. The van der Waals surface area contributed by atoms with Crippen molar-refractivity contribution in [3.8, 4) is 0 Å². The minimum absolute atomic E-state index is 0.0286. The number of carbonyl (C=O) groups excluding carboxylic acids is 4. The highest BCUT2D eigenvalue weighted by molar-refractivity contribution is 6.74. The lowest BCUT2D eigenvalue weighted by Gasteiger charge is -2.44. The van der Waals surface area contributed by atoms with Crippen LogP contribution in [-0.4, -0.2) is 81.5 Å². The van der Waals surface area contributed by atoms with E-state index in [4.69, 9.17) is 34.7 Å². The van der Waals surface area contributed by atoms with Crippen LogP contribution in [0, 0.1) is 59.2 Å². The van der Waals surface area contributed by atoms with Gasteiger partial charge in [0.2, 0.25) is 5.24 Å². The molecular formula is C62H105ClO10Si2. The third-order valence-corrected chi connectivity index (χ3v) is 28.1. The van der Waals surface area contributed by atoms with Crippen molar-refractivity contribution < 1.29 is 47.3 Å². The lowest BCUT2D eigenvalue weighted by molar-refractivity contribution is -0.162. The van der Waals surface area contributed by atoms with Gasteiger partial charge in [-0.2, -0.15) is 0 Å². The van der Waals surface area contributed by atoms with Gasteiger partial charge in [-0.15, -0.1) is 0 Å². The van der Waals surface area contributed by atoms with E-state index in [0.717, 1.165) is 77.0 Å². The van der Waals surface area contributed by atoms with E-state index in [1.807, 2.05) is 13.8 Å². The molecule has 2 fully saturated rings. The maximum Gasteiger partial charge on any atom is 0.309 e. The van der Waals surface area contributed by atoms with Gasteiger partial charge in [-0.05, 0) is 159 Å². The Kier molecular flexibility index (Phi) is 24.5. The molecule has 4 aliphatic carbocycles. The van der Waals surface area contributed by atoms with E-state index in [9.17, 15) is 24.3 Å². The quantitative estimate of drug-likeness (QED) is 0.0649. The molecule has 0 aromatic carbocycles. The highest BCUT2D eigenvalue weighted by atomic mass is 35.5. The Hall–Kier alpha value is -2.36. The van der Waals surface area contributed by atoms with Crippen molar-refractivity contribution in [1.29, 1.82) is 0 Å². The molecule has 0 aromatic rings. The predicted molar refractivity (Wildman–Crippen MR) is 310 cm³/mol.